The minimum atomic E-state index is -0.311. The second-order valence-corrected chi connectivity index (χ2v) is 5.72. The van der Waals surface area contributed by atoms with Crippen molar-refractivity contribution in [1.29, 1.82) is 0 Å². The van der Waals surface area contributed by atoms with Crippen LogP contribution in [-0.4, -0.2) is 16.7 Å². The molecule has 0 aliphatic heterocycles. The topological polar surface area (TPSA) is 61.7 Å². The summed E-state index contributed by atoms with van der Waals surface area (Å²) in [5.41, 5.74) is 4.90. The van der Waals surface area contributed by atoms with Crippen LogP contribution in [0.3, 0.4) is 0 Å². The van der Waals surface area contributed by atoms with Gasteiger partial charge in [-0.3, -0.25) is 4.79 Å². The van der Waals surface area contributed by atoms with Crippen molar-refractivity contribution in [1.82, 2.24) is 5.43 Å². The third-order valence-corrected chi connectivity index (χ3v) is 4.16. The molecule has 0 heterocycles. The number of carbonyl (C=O) groups excluding carboxylic acids is 1. The van der Waals surface area contributed by atoms with Crippen LogP contribution < -0.4 is 5.43 Å². The van der Waals surface area contributed by atoms with Crippen molar-refractivity contribution in [2.75, 3.05) is 0 Å². The van der Waals surface area contributed by atoms with Crippen LogP contribution in [0.5, 0.6) is 5.75 Å². The lowest BCUT2D eigenvalue weighted by atomic mass is 10.1. The number of nitrogens with zero attached hydrogens (tertiary/aromatic N) is 1. The number of nitrogens with one attached hydrogen (secondary N) is 1. The third-order valence-electron chi connectivity index (χ3n) is 3.54. The molecule has 3 rings (SSSR count). The number of carbonyl (C=O) groups is 1. The van der Waals surface area contributed by atoms with Crippen molar-refractivity contribution in [3.8, 4) is 5.75 Å². The van der Waals surface area contributed by atoms with Crippen LogP contribution in [0.2, 0.25) is 10.0 Å². The molecule has 0 bridgehead atoms. The largest absolute Gasteiger partial charge is 0.506 e. The maximum atomic E-state index is 12.0. The highest BCUT2D eigenvalue weighted by Crippen LogP contribution is 2.40. The molecule has 2 aromatic rings. The fourth-order valence-electron chi connectivity index (χ4n) is 2.46. The van der Waals surface area contributed by atoms with Crippen LogP contribution in [0.25, 0.3) is 0 Å². The van der Waals surface area contributed by atoms with Crippen LogP contribution in [0.4, 0.5) is 0 Å². The van der Waals surface area contributed by atoms with Crippen LogP contribution in [0, 0.1) is 0 Å². The molecule has 112 valence electrons. The van der Waals surface area contributed by atoms with Gasteiger partial charge in [0, 0.05) is 16.1 Å². The van der Waals surface area contributed by atoms with E-state index in [1.165, 1.54) is 6.07 Å². The van der Waals surface area contributed by atoms with Crippen molar-refractivity contribution in [2.45, 2.75) is 12.8 Å². The second-order valence-electron chi connectivity index (χ2n) is 4.91. The highest BCUT2D eigenvalue weighted by molar-refractivity contribution is 6.37. The van der Waals surface area contributed by atoms with E-state index >= 15 is 0 Å². The quantitative estimate of drug-likeness (QED) is 0.821. The van der Waals surface area contributed by atoms with E-state index < -0.39 is 0 Å². The molecule has 0 spiro atoms. The molecule has 2 N–H and O–H groups in total. The Hall–Kier alpha value is -2.04. The first kappa shape index (κ1) is 14.9. The molecule has 1 aliphatic rings. The highest BCUT2D eigenvalue weighted by Gasteiger charge is 2.26. The number of hydrogen-bond donors (Lipinski definition) is 2. The summed E-state index contributed by atoms with van der Waals surface area (Å²) >= 11 is 12.1. The summed E-state index contributed by atoms with van der Waals surface area (Å²) in [7, 11) is 0. The molecule has 2 aromatic carbocycles. The summed E-state index contributed by atoms with van der Waals surface area (Å²) < 4.78 is 0. The monoisotopic (exact) mass is 334 g/mol. The van der Waals surface area contributed by atoms with Crippen molar-refractivity contribution in [2.24, 2.45) is 5.10 Å². The molecule has 4 nitrogen and oxygen atoms in total. The van der Waals surface area contributed by atoms with Crippen molar-refractivity contribution in [3.63, 3.8) is 0 Å². The van der Waals surface area contributed by atoms with Crippen LogP contribution in [0.15, 0.2) is 41.5 Å². The molecule has 1 aliphatic carbocycles. The van der Waals surface area contributed by atoms with E-state index in [1.54, 1.807) is 24.3 Å². The van der Waals surface area contributed by atoms with E-state index in [0.29, 0.717) is 34.7 Å². The number of fused-ring (bicyclic) bond motifs is 1. The normalized spacial score (nSPS) is 14.9. The standard InChI is InChI=1S/C16H12Cl2N2O2/c17-11-8-12(18)15(21)14-10(11)6-7-13(14)19-20-16(22)9-4-2-1-3-5-9/h1-5,8,21H,6-7H2,(H,20,22)/b19-13+. The van der Waals surface area contributed by atoms with Crippen molar-refractivity contribution < 1.29 is 9.90 Å². The van der Waals surface area contributed by atoms with Gasteiger partial charge in [-0.1, -0.05) is 41.4 Å². The molecular weight excluding hydrogens is 323 g/mol. The molecule has 0 unspecified atom stereocenters. The van der Waals surface area contributed by atoms with E-state index in [4.69, 9.17) is 23.2 Å². The number of hydrogen-bond acceptors (Lipinski definition) is 3. The molecule has 0 fully saturated rings. The van der Waals surface area contributed by atoms with E-state index in [-0.39, 0.29) is 16.7 Å². The van der Waals surface area contributed by atoms with E-state index in [2.05, 4.69) is 10.5 Å². The fraction of sp³-hybridized carbons (Fsp3) is 0.125. The lowest BCUT2D eigenvalue weighted by molar-refractivity contribution is 0.0955. The molecule has 0 saturated heterocycles. The molecular formula is C16H12Cl2N2O2. The third kappa shape index (κ3) is 2.67. The smallest absolute Gasteiger partial charge is 0.271 e. The maximum absolute atomic E-state index is 12.0. The number of rotatable bonds is 2. The van der Waals surface area contributed by atoms with Gasteiger partial charge >= 0.3 is 0 Å². The highest BCUT2D eigenvalue weighted by atomic mass is 35.5. The molecule has 0 aromatic heterocycles. The Labute approximate surface area is 137 Å². The Morgan fingerprint density at radius 2 is 1.86 bits per heavy atom. The second kappa shape index (κ2) is 5.99. The van der Waals surface area contributed by atoms with Crippen LogP contribution >= 0.6 is 23.2 Å². The lowest BCUT2D eigenvalue weighted by Crippen LogP contribution is -2.19. The number of hydrazone groups is 1. The zero-order valence-corrected chi connectivity index (χ0v) is 12.9. The summed E-state index contributed by atoms with van der Waals surface area (Å²) in [6.07, 6.45) is 1.23. The Balaban J connectivity index is 1.89. The molecule has 6 heteroatoms. The molecule has 0 atom stereocenters. The summed E-state index contributed by atoms with van der Waals surface area (Å²) in [4.78, 5) is 12.0. The minimum Gasteiger partial charge on any atom is -0.506 e. The number of phenols is 1. The van der Waals surface area contributed by atoms with Gasteiger partial charge in [-0.25, -0.2) is 5.43 Å². The number of halogens is 2. The average Bonchev–Trinajstić information content (AvgIpc) is 2.96. The first-order valence-electron chi connectivity index (χ1n) is 6.70. The predicted octanol–water partition coefficient (Wildman–Crippen LogP) is 3.78. The van der Waals surface area contributed by atoms with Gasteiger partial charge < -0.3 is 5.11 Å². The first-order valence-corrected chi connectivity index (χ1v) is 7.45. The SMILES string of the molecule is O=C(N/N=C1\CCc2c(Cl)cc(Cl)c(O)c21)c1ccccc1. The Morgan fingerprint density at radius 3 is 2.59 bits per heavy atom. The summed E-state index contributed by atoms with van der Waals surface area (Å²) in [6, 6.07) is 10.3. The van der Waals surface area contributed by atoms with Crippen molar-refractivity contribution in [3.05, 3.63) is 63.1 Å². The molecule has 1 amide bonds. The number of aromatic hydroxyl groups is 1. The first-order chi connectivity index (χ1) is 10.6. The van der Waals surface area contributed by atoms with Gasteiger partial charge in [0.1, 0.15) is 5.75 Å². The number of amides is 1. The lowest BCUT2D eigenvalue weighted by Gasteiger charge is -2.08. The van der Waals surface area contributed by atoms with E-state index in [9.17, 15) is 9.90 Å². The number of benzene rings is 2. The summed E-state index contributed by atoms with van der Waals surface area (Å²) in [5, 5.41) is 14.9. The van der Waals surface area contributed by atoms with E-state index in [0.717, 1.165) is 5.56 Å². The summed E-state index contributed by atoms with van der Waals surface area (Å²) in [6.45, 7) is 0. The van der Waals surface area contributed by atoms with Gasteiger partial charge in [0.25, 0.3) is 5.91 Å². The van der Waals surface area contributed by atoms with Gasteiger partial charge in [0.15, 0.2) is 0 Å². The Kier molecular flexibility index (Phi) is 4.05. The van der Waals surface area contributed by atoms with Crippen LogP contribution in [-0.2, 0) is 6.42 Å². The van der Waals surface area contributed by atoms with Gasteiger partial charge in [0.05, 0.1) is 10.7 Å². The van der Waals surface area contributed by atoms with Gasteiger partial charge in [-0.2, -0.15) is 5.10 Å². The van der Waals surface area contributed by atoms with Gasteiger partial charge in [-0.15, -0.1) is 0 Å². The van der Waals surface area contributed by atoms with E-state index in [1.807, 2.05) is 6.07 Å². The maximum Gasteiger partial charge on any atom is 0.271 e. The average molecular weight is 335 g/mol. The van der Waals surface area contributed by atoms with Gasteiger partial charge in [-0.05, 0) is 36.6 Å². The molecule has 22 heavy (non-hydrogen) atoms. The number of phenolic OH excluding ortho intramolecular Hbond substituents is 1. The zero-order valence-electron chi connectivity index (χ0n) is 11.4. The van der Waals surface area contributed by atoms with Crippen molar-refractivity contribution >= 4 is 34.8 Å². The van der Waals surface area contributed by atoms with Gasteiger partial charge in [0.2, 0.25) is 0 Å². The molecule has 0 saturated carbocycles. The fourth-order valence-corrected chi connectivity index (χ4v) is 3.01. The Bertz CT molecular complexity index is 773. The summed E-state index contributed by atoms with van der Waals surface area (Å²) in [5.74, 6) is -0.361. The van der Waals surface area contributed by atoms with Crippen LogP contribution in [0.1, 0.15) is 27.9 Å². The minimum absolute atomic E-state index is 0.0497. The predicted molar refractivity (Wildman–Crippen MR) is 86.9 cm³/mol. The molecule has 0 radical (unpaired) electrons. The zero-order chi connectivity index (χ0) is 15.7. The Morgan fingerprint density at radius 1 is 1.14 bits per heavy atom.